The molecule has 2 aromatic carbocycles. The predicted octanol–water partition coefficient (Wildman–Crippen LogP) is 4.26. The summed E-state index contributed by atoms with van der Waals surface area (Å²) < 4.78 is 12.1. The van der Waals surface area contributed by atoms with Crippen LogP contribution >= 0.6 is 27.5 Å². The summed E-state index contributed by atoms with van der Waals surface area (Å²) in [5.74, 6) is 0.659. The summed E-state index contributed by atoms with van der Waals surface area (Å²) >= 11 is 9.52. The molecule has 0 aromatic heterocycles. The Morgan fingerprint density at radius 1 is 1.33 bits per heavy atom. The maximum absolute atomic E-state index is 12.2. The van der Waals surface area contributed by atoms with E-state index in [4.69, 9.17) is 21.1 Å². The van der Waals surface area contributed by atoms with E-state index in [0.717, 1.165) is 27.8 Å². The van der Waals surface area contributed by atoms with E-state index < -0.39 is 0 Å². The first kappa shape index (κ1) is 17.3. The molecule has 1 amide bonds. The molecule has 1 atom stereocenters. The van der Waals surface area contributed by atoms with E-state index >= 15 is 0 Å². The van der Waals surface area contributed by atoms with Gasteiger partial charge in [0.1, 0.15) is 12.4 Å². The molecule has 4 nitrogen and oxygen atoms in total. The van der Waals surface area contributed by atoms with Gasteiger partial charge in [0.2, 0.25) is 5.91 Å². The van der Waals surface area contributed by atoms with Crippen molar-refractivity contribution in [2.24, 2.45) is 0 Å². The molecule has 0 aliphatic carbocycles. The van der Waals surface area contributed by atoms with Crippen molar-refractivity contribution < 1.29 is 14.3 Å². The quantitative estimate of drug-likeness (QED) is 0.801. The second-order valence-corrected chi connectivity index (χ2v) is 6.85. The summed E-state index contributed by atoms with van der Waals surface area (Å²) in [6, 6.07) is 13.2. The Hall–Kier alpha value is -1.56. The number of amides is 1. The van der Waals surface area contributed by atoms with Crippen LogP contribution in [0.3, 0.4) is 0 Å². The molecule has 0 bridgehead atoms. The lowest BCUT2D eigenvalue weighted by Crippen LogP contribution is -2.34. The topological polar surface area (TPSA) is 47.6 Å². The van der Waals surface area contributed by atoms with Crippen LogP contribution in [0.15, 0.2) is 46.9 Å². The highest BCUT2D eigenvalue weighted by molar-refractivity contribution is 9.10. The molecule has 0 saturated heterocycles. The summed E-state index contributed by atoms with van der Waals surface area (Å²) in [5, 5.41) is 3.65. The van der Waals surface area contributed by atoms with E-state index in [9.17, 15) is 4.79 Å². The van der Waals surface area contributed by atoms with Crippen molar-refractivity contribution >= 4 is 33.4 Å². The molecule has 126 valence electrons. The van der Waals surface area contributed by atoms with Crippen molar-refractivity contribution in [3.63, 3.8) is 0 Å². The Morgan fingerprint density at radius 2 is 2.17 bits per heavy atom. The van der Waals surface area contributed by atoms with Gasteiger partial charge in [0.05, 0.1) is 19.3 Å². The first-order valence-electron chi connectivity index (χ1n) is 7.66. The van der Waals surface area contributed by atoms with Crippen LogP contribution in [0.2, 0.25) is 5.02 Å². The first-order valence-corrected chi connectivity index (χ1v) is 8.83. The van der Waals surface area contributed by atoms with Crippen molar-refractivity contribution in [3.05, 3.63) is 63.1 Å². The summed E-state index contributed by atoms with van der Waals surface area (Å²) in [7, 11) is 0. The fourth-order valence-corrected chi connectivity index (χ4v) is 3.19. The van der Waals surface area contributed by atoms with Crippen LogP contribution in [0, 0.1) is 0 Å². The SMILES string of the molecule is O=C(COCc1ccccc1Cl)NC1CCOc2ccc(Br)cc21. The lowest BCUT2D eigenvalue weighted by Gasteiger charge is -2.27. The third-order valence-corrected chi connectivity index (χ3v) is 4.66. The van der Waals surface area contributed by atoms with Gasteiger partial charge in [-0.1, -0.05) is 45.7 Å². The van der Waals surface area contributed by atoms with E-state index in [1.165, 1.54) is 0 Å². The maximum atomic E-state index is 12.2. The van der Waals surface area contributed by atoms with Crippen molar-refractivity contribution in [3.8, 4) is 5.75 Å². The highest BCUT2D eigenvalue weighted by Gasteiger charge is 2.23. The number of carbonyl (C=O) groups excluding carboxylic acids is 1. The van der Waals surface area contributed by atoms with Crippen LogP contribution in [0.25, 0.3) is 0 Å². The molecular formula is C18H17BrClNO3. The molecule has 1 aliphatic heterocycles. The van der Waals surface area contributed by atoms with Gasteiger partial charge in [0.25, 0.3) is 0 Å². The third-order valence-electron chi connectivity index (χ3n) is 3.80. The van der Waals surface area contributed by atoms with Crippen LogP contribution < -0.4 is 10.1 Å². The molecule has 0 spiro atoms. The van der Waals surface area contributed by atoms with Gasteiger partial charge in [-0.05, 0) is 29.8 Å². The second kappa shape index (κ2) is 8.01. The standard InChI is InChI=1S/C18H17BrClNO3/c19-13-5-6-17-14(9-13)16(7-8-24-17)21-18(22)11-23-10-12-3-1-2-4-15(12)20/h1-6,9,16H,7-8,10-11H2,(H,21,22). The fourth-order valence-electron chi connectivity index (χ4n) is 2.62. The van der Waals surface area contributed by atoms with Crippen LogP contribution in [0.5, 0.6) is 5.75 Å². The van der Waals surface area contributed by atoms with Crippen LogP contribution in [0.4, 0.5) is 0 Å². The number of hydrogen-bond acceptors (Lipinski definition) is 3. The lowest BCUT2D eigenvalue weighted by molar-refractivity contribution is -0.127. The number of nitrogens with one attached hydrogen (secondary N) is 1. The number of carbonyl (C=O) groups is 1. The van der Waals surface area contributed by atoms with E-state index in [0.29, 0.717) is 18.2 Å². The molecule has 0 saturated carbocycles. The molecule has 1 aliphatic rings. The van der Waals surface area contributed by atoms with Crippen LogP contribution in [-0.4, -0.2) is 19.1 Å². The van der Waals surface area contributed by atoms with Crippen molar-refractivity contribution in [1.82, 2.24) is 5.32 Å². The van der Waals surface area contributed by atoms with E-state index in [2.05, 4.69) is 21.2 Å². The molecule has 1 unspecified atom stereocenters. The average molecular weight is 411 g/mol. The predicted molar refractivity (Wildman–Crippen MR) is 96.2 cm³/mol. The number of ether oxygens (including phenoxy) is 2. The molecule has 1 heterocycles. The Morgan fingerprint density at radius 3 is 3.00 bits per heavy atom. The van der Waals surface area contributed by atoms with Gasteiger partial charge in [-0.2, -0.15) is 0 Å². The Bertz CT molecular complexity index is 738. The van der Waals surface area contributed by atoms with Gasteiger partial charge in [-0.15, -0.1) is 0 Å². The molecular weight excluding hydrogens is 394 g/mol. The molecule has 6 heteroatoms. The summed E-state index contributed by atoms with van der Waals surface area (Å²) in [6.07, 6.45) is 0.736. The Labute approximate surface area is 154 Å². The first-order chi connectivity index (χ1) is 11.6. The van der Waals surface area contributed by atoms with Gasteiger partial charge < -0.3 is 14.8 Å². The lowest BCUT2D eigenvalue weighted by atomic mass is 10.0. The minimum Gasteiger partial charge on any atom is -0.493 e. The molecule has 3 rings (SSSR count). The summed E-state index contributed by atoms with van der Waals surface area (Å²) in [4.78, 5) is 12.2. The van der Waals surface area contributed by atoms with Gasteiger partial charge in [0, 0.05) is 21.5 Å². The summed E-state index contributed by atoms with van der Waals surface area (Å²) in [6.45, 7) is 0.884. The number of halogens is 2. The summed E-state index contributed by atoms with van der Waals surface area (Å²) in [5.41, 5.74) is 1.85. The highest BCUT2D eigenvalue weighted by Crippen LogP contribution is 2.34. The smallest absolute Gasteiger partial charge is 0.246 e. The van der Waals surface area contributed by atoms with Crippen molar-refractivity contribution in [2.75, 3.05) is 13.2 Å². The van der Waals surface area contributed by atoms with Crippen molar-refractivity contribution in [1.29, 1.82) is 0 Å². The Balaban J connectivity index is 1.55. The zero-order chi connectivity index (χ0) is 16.9. The van der Waals surface area contributed by atoms with Crippen LogP contribution in [-0.2, 0) is 16.1 Å². The highest BCUT2D eigenvalue weighted by atomic mass is 79.9. The van der Waals surface area contributed by atoms with Crippen molar-refractivity contribution in [2.45, 2.75) is 19.1 Å². The molecule has 0 fully saturated rings. The van der Waals surface area contributed by atoms with Crippen LogP contribution in [0.1, 0.15) is 23.6 Å². The van der Waals surface area contributed by atoms with E-state index in [-0.39, 0.29) is 18.6 Å². The van der Waals surface area contributed by atoms with Gasteiger partial charge in [0.15, 0.2) is 0 Å². The monoisotopic (exact) mass is 409 g/mol. The molecule has 1 N–H and O–H groups in total. The average Bonchev–Trinajstić information content (AvgIpc) is 2.57. The van der Waals surface area contributed by atoms with Gasteiger partial charge in [-0.25, -0.2) is 0 Å². The van der Waals surface area contributed by atoms with Gasteiger partial charge in [-0.3, -0.25) is 4.79 Å². The third kappa shape index (κ3) is 4.29. The van der Waals surface area contributed by atoms with Gasteiger partial charge >= 0.3 is 0 Å². The number of hydrogen-bond donors (Lipinski definition) is 1. The number of rotatable bonds is 5. The Kier molecular flexibility index (Phi) is 5.76. The minimum atomic E-state index is -0.153. The number of benzene rings is 2. The number of fused-ring (bicyclic) bond motifs is 1. The molecule has 0 radical (unpaired) electrons. The minimum absolute atomic E-state index is 0.00802. The van der Waals surface area contributed by atoms with E-state index in [1.54, 1.807) is 6.07 Å². The zero-order valence-electron chi connectivity index (χ0n) is 12.9. The fraction of sp³-hybridized carbons (Fsp3) is 0.278. The normalized spacial score (nSPS) is 16.2. The zero-order valence-corrected chi connectivity index (χ0v) is 15.3. The van der Waals surface area contributed by atoms with E-state index in [1.807, 2.05) is 36.4 Å². The molecule has 2 aromatic rings. The largest absolute Gasteiger partial charge is 0.493 e. The second-order valence-electron chi connectivity index (χ2n) is 5.52. The molecule has 24 heavy (non-hydrogen) atoms. The maximum Gasteiger partial charge on any atom is 0.246 e.